The second kappa shape index (κ2) is 10.2. The van der Waals surface area contributed by atoms with E-state index < -0.39 is 74.8 Å². The Hall–Kier alpha value is -4.61. The Balaban J connectivity index is 1.77. The van der Waals surface area contributed by atoms with Crippen LogP contribution in [0.3, 0.4) is 0 Å². The Morgan fingerprint density at radius 3 is 1.53 bits per heavy atom. The highest BCUT2D eigenvalue weighted by molar-refractivity contribution is 5.98. The maximum atomic E-state index is 15.8. The molecule has 0 bridgehead atoms. The average Bonchev–Trinajstić information content (AvgIpc) is 3.21. The van der Waals surface area contributed by atoms with Gasteiger partial charge in [0.1, 0.15) is 16.8 Å². The van der Waals surface area contributed by atoms with Gasteiger partial charge in [-0.3, -0.25) is 10.6 Å². The highest BCUT2D eigenvalue weighted by Crippen LogP contribution is 2.58. The summed E-state index contributed by atoms with van der Waals surface area (Å²) in [5.74, 6) is -9.33. The molecule has 2 amide bonds. The lowest BCUT2D eigenvalue weighted by atomic mass is 9.61. The molecule has 2 N–H and O–H groups in total. The predicted octanol–water partition coefficient (Wildman–Crippen LogP) is 8.04. The number of hydrogen-bond acceptors (Lipinski definition) is 6. The summed E-state index contributed by atoms with van der Waals surface area (Å²) in [7, 11) is 0. The number of ether oxygens (including phenoxy) is 3. The van der Waals surface area contributed by atoms with Gasteiger partial charge in [0.25, 0.3) is 0 Å². The van der Waals surface area contributed by atoms with Crippen LogP contribution in [0.1, 0.15) is 93.6 Å². The minimum absolute atomic E-state index is 0.124. The van der Waals surface area contributed by atoms with Crippen molar-refractivity contribution in [2.75, 3.05) is 10.6 Å². The lowest BCUT2D eigenvalue weighted by Gasteiger charge is -2.44. The minimum atomic E-state index is -2.26. The second-order valence-electron chi connectivity index (χ2n) is 13.5. The number of hydrogen-bond donors (Lipinski definition) is 2. The summed E-state index contributed by atoms with van der Waals surface area (Å²) in [6.45, 7) is 13.7. The maximum absolute atomic E-state index is 15.8. The summed E-state index contributed by atoms with van der Waals surface area (Å²) >= 11 is 0. The molecule has 5 rings (SSSR count). The van der Waals surface area contributed by atoms with Crippen LogP contribution in [-0.2, 0) is 25.2 Å². The maximum Gasteiger partial charge on any atom is 0.412 e. The number of halogens is 4. The third-order valence-corrected chi connectivity index (χ3v) is 7.50. The van der Waals surface area contributed by atoms with E-state index >= 15 is 8.78 Å². The number of carbonyl (C=O) groups excluding carboxylic acids is 3. The first kappa shape index (κ1) is 31.8. The number of rotatable bonds is 2. The number of fused-ring (bicyclic) bond motifs is 6. The molecule has 0 saturated heterocycles. The van der Waals surface area contributed by atoms with Gasteiger partial charge in [-0.2, -0.15) is 0 Å². The van der Waals surface area contributed by atoms with Gasteiger partial charge >= 0.3 is 18.2 Å². The van der Waals surface area contributed by atoms with Crippen LogP contribution in [0, 0.1) is 23.3 Å². The average molecular weight is 629 g/mol. The predicted molar refractivity (Wildman–Crippen MR) is 156 cm³/mol. The second-order valence-corrected chi connectivity index (χ2v) is 13.5. The van der Waals surface area contributed by atoms with Crippen LogP contribution in [0.4, 0.5) is 38.5 Å². The van der Waals surface area contributed by atoms with Crippen molar-refractivity contribution < 1.29 is 46.2 Å². The molecule has 1 spiro atoms. The third kappa shape index (κ3) is 5.25. The highest BCUT2D eigenvalue weighted by atomic mass is 19.2. The number of nitrogens with one attached hydrogen (secondary N) is 2. The third-order valence-electron chi connectivity index (χ3n) is 7.50. The highest BCUT2D eigenvalue weighted by Gasteiger charge is 2.59. The van der Waals surface area contributed by atoms with Crippen LogP contribution in [-0.4, -0.2) is 29.4 Å². The topological polar surface area (TPSA) is 103 Å². The van der Waals surface area contributed by atoms with Gasteiger partial charge in [0, 0.05) is 27.9 Å². The van der Waals surface area contributed by atoms with Crippen LogP contribution in [0.5, 0.6) is 0 Å². The van der Waals surface area contributed by atoms with E-state index in [9.17, 15) is 23.2 Å². The van der Waals surface area contributed by atoms with E-state index in [0.717, 1.165) is 0 Å². The molecule has 0 aromatic heterocycles. The summed E-state index contributed by atoms with van der Waals surface area (Å²) in [6.07, 6.45) is -1.53. The molecular formula is C33H32F4N2O6. The number of esters is 1. The number of benzene rings is 3. The van der Waals surface area contributed by atoms with Crippen molar-refractivity contribution in [3.8, 4) is 0 Å². The zero-order chi connectivity index (χ0) is 33.4. The van der Waals surface area contributed by atoms with Crippen molar-refractivity contribution >= 4 is 29.5 Å². The molecule has 1 aliphatic heterocycles. The van der Waals surface area contributed by atoms with Gasteiger partial charge in [-0.05, 0) is 76.9 Å². The molecule has 8 nitrogen and oxygen atoms in total. The fourth-order valence-corrected chi connectivity index (χ4v) is 5.80. The van der Waals surface area contributed by atoms with E-state index in [1.807, 2.05) is 0 Å². The Bertz CT molecular complexity index is 1710. The molecule has 2 aliphatic rings. The van der Waals surface area contributed by atoms with E-state index in [2.05, 4.69) is 10.6 Å². The molecule has 1 aliphatic carbocycles. The summed E-state index contributed by atoms with van der Waals surface area (Å²) in [5.41, 5.74) is -5.32. The molecular weight excluding hydrogens is 596 g/mol. The first-order valence-electron chi connectivity index (χ1n) is 14.1. The fraction of sp³-hybridized carbons (Fsp3) is 0.364. The van der Waals surface area contributed by atoms with Crippen LogP contribution < -0.4 is 10.6 Å². The molecule has 45 heavy (non-hydrogen) atoms. The Kier molecular flexibility index (Phi) is 7.22. The van der Waals surface area contributed by atoms with Crippen molar-refractivity contribution in [3.63, 3.8) is 0 Å². The number of carbonyl (C=O) groups is 3. The van der Waals surface area contributed by atoms with Crippen molar-refractivity contribution in [3.05, 3.63) is 93.0 Å². The van der Waals surface area contributed by atoms with Crippen molar-refractivity contribution in [1.82, 2.24) is 0 Å². The zero-order valence-electron chi connectivity index (χ0n) is 25.9. The van der Waals surface area contributed by atoms with E-state index in [-0.39, 0.29) is 22.5 Å². The van der Waals surface area contributed by atoms with Crippen LogP contribution >= 0.6 is 0 Å². The van der Waals surface area contributed by atoms with Gasteiger partial charge in [0.15, 0.2) is 28.9 Å². The largest absolute Gasteiger partial charge is 0.444 e. The SMILES string of the molecule is CC(C)(C)OC(=O)Nc1ccc2c(c1)C(C)(C)c1cc(NC(=O)OC(C)(C)C)ccc1C21OC(=O)c2c(F)c(F)c(F)c(F)c21. The van der Waals surface area contributed by atoms with Crippen LogP contribution in [0.15, 0.2) is 36.4 Å². The van der Waals surface area contributed by atoms with Gasteiger partial charge in [-0.1, -0.05) is 26.0 Å². The summed E-state index contributed by atoms with van der Waals surface area (Å²) < 4.78 is 76.6. The Morgan fingerprint density at radius 1 is 0.689 bits per heavy atom. The quantitative estimate of drug-likeness (QED) is 0.0979. The van der Waals surface area contributed by atoms with E-state index in [0.29, 0.717) is 11.1 Å². The zero-order valence-corrected chi connectivity index (χ0v) is 25.9. The van der Waals surface area contributed by atoms with E-state index in [1.54, 1.807) is 55.4 Å². The van der Waals surface area contributed by atoms with Gasteiger partial charge < -0.3 is 14.2 Å². The summed E-state index contributed by atoms with van der Waals surface area (Å²) in [5, 5.41) is 5.25. The van der Waals surface area contributed by atoms with Crippen molar-refractivity contribution in [2.45, 2.75) is 77.6 Å². The molecule has 0 unspecified atom stereocenters. The molecule has 3 aromatic carbocycles. The van der Waals surface area contributed by atoms with Gasteiger partial charge in [-0.25, -0.2) is 31.9 Å². The van der Waals surface area contributed by atoms with E-state index in [4.69, 9.17) is 14.2 Å². The van der Waals surface area contributed by atoms with Crippen molar-refractivity contribution in [1.29, 1.82) is 0 Å². The van der Waals surface area contributed by atoms with Gasteiger partial charge in [0.2, 0.25) is 0 Å². The molecule has 0 atom stereocenters. The van der Waals surface area contributed by atoms with E-state index in [1.165, 1.54) is 36.4 Å². The monoisotopic (exact) mass is 628 g/mol. The molecule has 1 heterocycles. The van der Waals surface area contributed by atoms with Crippen LogP contribution in [0.25, 0.3) is 0 Å². The summed E-state index contributed by atoms with van der Waals surface area (Å²) in [6, 6.07) is 8.81. The molecule has 12 heteroatoms. The normalized spacial score (nSPS) is 15.9. The molecule has 0 radical (unpaired) electrons. The number of amides is 2. The molecule has 0 saturated carbocycles. The Morgan fingerprint density at radius 2 is 1.11 bits per heavy atom. The fourth-order valence-electron chi connectivity index (χ4n) is 5.80. The molecule has 238 valence electrons. The van der Waals surface area contributed by atoms with Crippen LogP contribution in [0.2, 0.25) is 0 Å². The Labute approximate surface area is 257 Å². The number of anilines is 2. The van der Waals surface area contributed by atoms with Gasteiger partial charge in [0.05, 0.1) is 5.56 Å². The molecule has 3 aromatic rings. The molecule has 0 fully saturated rings. The first-order valence-corrected chi connectivity index (χ1v) is 14.1. The van der Waals surface area contributed by atoms with Crippen molar-refractivity contribution in [2.24, 2.45) is 0 Å². The lowest BCUT2D eigenvalue weighted by molar-refractivity contribution is 0.0222. The first-order chi connectivity index (χ1) is 20.7. The standard InChI is InChI=1S/C33H32F4N2O6/c1-30(2,3)44-28(41)38-15-9-11-17-19(13-15)32(7,8)20-14-16(39-29(42)45-31(4,5)6)10-12-18(20)33(17)22-21(27(40)43-33)23(34)25(36)26(37)24(22)35/h9-14H,1-8H3,(H,38,41)(H,39,42). The lowest BCUT2D eigenvalue weighted by Crippen LogP contribution is -2.42. The smallest absolute Gasteiger partial charge is 0.412 e. The summed E-state index contributed by atoms with van der Waals surface area (Å²) in [4.78, 5) is 38.4. The minimum Gasteiger partial charge on any atom is -0.444 e. The van der Waals surface area contributed by atoms with Gasteiger partial charge in [-0.15, -0.1) is 0 Å².